The van der Waals surface area contributed by atoms with E-state index in [1.54, 1.807) is 0 Å². The van der Waals surface area contributed by atoms with Gasteiger partial charge >= 0.3 is 0 Å². The third-order valence-corrected chi connectivity index (χ3v) is 5.13. The third-order valence-electron chi connectivity index (χ3n) is 5.13. The highest BCUT2D eigenvalue weighted by atomic mass is 16.2. The summed E-state index contributed by atoms with van der Waals surface area (Å²) in [6.07, 6.45) is 5.68. The van der Waals surface area contributed by atoms with E-state index in [0.717, 1.165) is 18.4 Å². The maximum atomic E-state index is 12.5. The molecule has 114 valence electrons. The van der Waals surface area contributed by atoms with Gasteiger partial charge < -0.3 is 16.8 Å². The van der Waals surface area contributed by atoms with E-state index in [1.807, 2.05) is 30.3 Å². The highest BCUT2D eigenvalue weighted by Crippen LogP contribution is 2.39. The van der Waals surface area contributed by atoms with Crippen molar-refractivity contribution >= 4 is 5.91 Å². The van der Waals surface area contributed by atoms with Crippen LogP contribution in [0.1, 0.15) is 43.7 Å². The number of nitrogens with two attached hydrogens (primary N) is 2. The molecule has 21 heavy (non-hydrogen) atoms. The molecule has 3 rings (SSSR count). The number of nitrogens with one attached hydrogen (secondary N) is 1. The first-order valence-electron chi connectivity index (χ1n) is 8.01. The third kappa shape index (κ3) is 3.11. The number of fused-ring (bicyclic) bond motifs is 2. The monoisotopic (exact) mass is 287 g/mol. The number of benzene rings is 1. The second-order valence-electron chi connectivity index (χ2n) is 6.61. The Morgan fingerprint density at radius 1 is 1.14 bits per heavy atom. The molecule has 0 aliphatic heterocycles. The summed E-state index contributed by atoms with van der Waals surface area (Å²) >= 11 is 0. The standard InChI is InChI=1S/C17H25N3O/c18-14-9-12-7-4-8-13(10-14)16(12)20-17(21)15(19)11-5-2-1-3-6-11/h1-3,5-6,12-16H,4,7-10,18-19H2,(H,20,21). The second-order valence-corrected chi connectivity index (χ2v) is 6.61. The zero-order chi connectivity index (χ0) is 14.8. The molecular formula is C17H25N3O. The van der Waals surface area contributed by atoms with Crippen molar-refractivity contribution in [2.45, 2.75) is 50.2 Å². The normalized spacial score (nSPS) is 33.2. The SMILES string of the molecule is NC1CC2CCCC(C1)C2NC(=O)C(N)c1ccccc1. The van der Waals surface area contributed by atoms with Crippen LogP contribution in [0, 0.1) is 11.8 Å². The van der Waals surface area contributed by atoms with Crippen LogP contribution in [0.4, 0.5) is 0 Å². The Morgan fingerprint density at radius 3 is 2.38 bits per heavy atom. The van der Waals surface area contributed by atoms with Crippen LogP contribution in [0.15, 0.2) is 30.3 Å². The van der Waals surface area contributed by atoms with Gasteiger partial charge in [-0.25, -0.2) is 0 Å². The van der Waals surface area contributed by atoms with Crippen LogP contribution in [0.2, 0.25) is 0 Å². The zero-order valence-corrected chi connectivity index (χ0v) is 12.4. The molecule has 3 atom stereocenters. The molecule has 2 aliphatic rings. The van der Waals surface area contributed by atoms with E-state index in [4.69, 9.17) is 11.5 Å². The van der Waals surface area contributed by atoms with Gasteiger partial charge in [0.1, 0.15) is 6.04 Å². The molecule has 3 unspecified atom stereocenters. The van der Waals surface area contributed by atoms with E-state index in [-0.39, 0.29) is 11.9 Å². The summed E-state index contributed by atoms with van der Waals surface area (Å²) in [6, 6.07) is 9.55. The molecule has 1 aromatic carbocycles. The smallest absolute Gasteiger partial charge is 0.241 e. The van der Waals surface area contributed by atoms with Crippen LogP contribution < -0.4 is 16.8 Å². The zero-order valence-electron chi connectivity index (χ0n) is 12.4. The van der Waals surface area contributed by atoms with Gasteiger partial charge in [0, 0.05) is 12.1 Å². The largest absolute Gasteiger partial charge is 0.351 e. The van der Waals surface area contributed by atoms with Crippen molar-refractivity contribution < 1.29 is 4.79 Å². The Labute approximate surface area is 126 Å². The Hall–Kier alpha value is -1.39. The lowest BCUT2D eigenvalue weighted by molar-refractivity contribution is -0.124. The van der Waals surface area contributed by atoms with E-state index in [1.165, 1.54) is 19.3 Å². The minimum atomic E-state index is -0.581. The molecule has 0 heterocycles. The lowest BCUT2D eigenvalue weighted by Crippen LogP contribution is -2.55. The van der Waals surface area contributed by atoms with Crippen LogP contribution in [-0.2, 0) is 4.79 Å². The maximum absolute atomic E-state index is 12.5. The summed E-state index contributed by atoms with van der Waals surface area (Å²) in [6.45, 7) is 0. The number of hydrogen-bond acceptors (Lipinski definition) is 3. The van der Waals surface area contributed by atoms with Gasteiger partial charge in [-0.1, -0.05) is 36.8 Å². The molecule has 1 aromatic rings. The summed E-state index contributed by atoms with van der Waals surface area (Å²) < 4.78 is 0. The summed E-state index contributed by atoms with van der Waals surface area (Å²) in [5, 5.41) is 3.22. The van der Waals surface area contributed by atoms with Gasteiger partial charge in [-0.3, -0.25) is 4.79 Å². The lowest BCUT2D eigenvalue weighted by Gasteiger charge is -2.45. The van der Waals surface area contributed by atoms with Gasteiger partial charge in [0.15, 0.2) is 0 Å². The van der Waals surface area contributed by atoms with Crippen LogP contribution in [-0.4, -0.2) is 18.0 Å². The number of carbonyl (C=O) groups is 1. The van der Waals surface area contributed by atoms with Crippen molar-refractivity contribution in [3.05, 3.63) is 35.9 Å². The topological polar surface area (TPSA) is 81.1 Å². The number of amides is 1. The minimum Gasteiger partial charge on any atom is -0.351 e. The molecular weight excluding hydrogens is 262 g/mol. The second kappa shape index (κ2) is 6.16. The van der Waals surface area contributed by atoms with Crippen LogP contribution >= 0.6 is 0 Å². The highest BCUT2D eigenvalue weighted by molar-refractivity contribution is 5.83. The fourth-order valence-corrected chi connectivity index (χ4v) is 4.09. The molecule has 2 fully saturated rings. The molecule has 2 saturated carbocycles. The molecule has 4 heteroatoms. The maximum Gasteiger partial charge on any atom is 0.241 e. The van der Waals surface area contributed by atoms with Crippen molar-refractivity contribution in [3.63, 3.8) is 0 Å². The van der Waals surface area contributed by atoms with Crippen molar-refractivity contribution in [2.75, 3.05) is 0 Å². The van der Waals surface area contributed by atoms with Gasteiger partial charge in [0.05, 0.1) is 0 Å². The number of hydrogen-bond donors (Lipinski definition) is 3. The first kappa shape index (κ1) is 14.5. The first-order chi connectivity index (χ1) is 10.1. The van der Waals surface area contributed by atoms with Crippen molar-refractivity contribution in [3.8, 4) is 0 Å². The molecule has 0 spiro atoms. The summed E-state index contributed by atoms with van der Waals surface area (Å²) in [5.41, 5.74) is 13.1. The van der Waals surface area contributed by atoms with Gasteiger partial charge in [0.25, 0.3) is 0 Å². The van der Waals surface area contributed by atoms with Gasteiger partial charge in [0.2, 0.25) is 5.91 Å². The predicted molar refractivity (Wildman–Crippen MR) is 83.3 cm³/mol. The first-order valence-corrected chi connectivity index (χ1v) is 8.01. The summed E-state index contributed by atoms with van der Waals surface area (Å²) in [5.74, 6) is 0.998. The van der Waals surface area contributed by atoms with E-state index in [0.29, 0.717) is 17.9 Å². The van der Waals surface area contributed by atoms with Gasteiger partial charge in [-0.2, -0.15) is 0 Å². The van der Waals surface area contributed by atoms with E-state index in [9.17, 15) is 4.79 Å². The van der Waals surface area contributed by atoms with E-state index < -0.39 is 6.04 Å². The minimum absolute atomic E-state index is 0.0569. The fourth-order valence-electron chi connectivity index (χ4n) is 4.09. The molecule has 5 N–H and O–H groups in total. The van der Waals surface area contributed by atoms with Crippen LogP contribution in [0.5, 0.6) is 0 Å². The average Bonchev–Trinajstić information content (AvgIpc) is 2.48. The van der Waals surface area contributed by atoms with E-state index in [2.05, 4.69) is 5.32 Å². The van der Waals surface area contributed by atoms with Crippen LogP contribution in [0.25, 0.3) is 0 Å². The lowest BCUT2D eigenvalue weighted by atomic mass is 9.67. The van der Waals surface area contributed by atoms with Crippen molar-refractivity contribution in [2.24, 2.45) is 23.3 Å². The molecule has 2 aliphatic carbocycles. The Kier molecular flexibility index (Phi) is 4.27. The average molecular weight is 287 g/mol. The van der Waals surface area contributed by atoms with Crippen LogP contribution in [0.3, 0.4) is 0 Å². The number of carbonyl (C=O) groups excluding carboxylic acids is 1. The summed E-state index contributed by atoms with van der Waals surface area (Å²) in [4.78, 5) is 12.5. The Morgan fingerprint density at radius 2 is 1.76 bits per heavy atom. The predicted octanol–water partition coefficient (Wildman–Crippen LogP) is 1.71. The fraction of sp³-hybridized carbons (Fsp3) is 0.588. The molecule has 2 bridgehead atoms. The number of rotatable bonds is 3. The Balaban J connectivity index is 1.67. The van der Waals surface area contributed by atoms with Gasteiger partial charge in [-0.15, -0.1) is 0 Å². The van der Waals surface area contributed by atoms with Gasteiger partial charge in [-0.05, 0) is 43.1 Å². The van der Waals surface area contributed by atoms with Crippen molar-refractivity contribution in [1.29, 1.82) is 0 Å². The molecule has 4 nitrogen and oxygen atoms in total. The van der Waals surface area contributed by atoms with Crippen molar-refractivity contribution in [1.82, 2.24) is 5.32 Å². The van der Waals surface area contributed by atoms with E-state index >= 15 is 0 Å². The molecule has 1 amide bonds. The Bertz CT molecular complexity index is 476. The quantitative estimate of drug-likeness (QED) is 0.791. The summed E-state index contributed by atoms with van der Waals surface area (Å²) in [7, 11) is 0. The molecule has 0 radical (unpaired) electrons. The molecule has 0 aromatic heterocycles. The molecule has 0 saturated heterocycles. The highest BCUT2D eigenvalue weighted by Gasteiger charge is 2.40.